The second kappa shape index (κ2) is 8.72. The Morgan fingerprint density at radius 3 is 2.72 bits per heavy atom. The lowest BCUT2D eigenvalue weighted by Crippen LogP contribution is -2.25. The van der Waals surface area contributed by atoms with Crippen molar-refractivity contribution < 1.29 is 9.90 Å². The van der Waals surface area contributed by atoms with Gasteiger partial charge in [-0.1, -0.05) is 24.4 Å². The van der Waals surface area contributed by atoms with Crippen LogP contribution < -0.4 is 5.32 Å². The largest absolute Gasteiger partial charge is 0.396 e. The van der Waals surface area contributed by atoms with Crippen LogP contribution in [0.3, 0.4) is 0 Å². The molecule has 0 fully saturated rings. The van der Waals surface area contributed by atoms with Crippen LogP contribution in [0.1, 0.15) is 36.0 Å². The van der Waals surface area contributed by atoms with Gasteiger partial charge in [0.25, 0.3) is 5.91 Å². The molecule has 5 heteroatoms. The van der Waals surface area contributed by atoms with Gasteiger partial charge in [0.1, 0.15) is 0 Å². The minimum atomic E-state index is -0.0796. The van der Waals surface area contributed by atoms with Crippen LogP contribution in [-0.2, 0) is 0 Å². The molecule has 0 unspecified atom stereocenters. The van der Waals surface area contributed by atoms with E-state index in [0.717, 1.165) is 29.3 Å². The lowest BCUT2D eigenvalue weighted by atomic mass is 10.2. The normalized spacial score (nSPS) is 10.4. The van der Waals surface area contributed by atoms with E-state index in [4.69, 9.17) is 16.7 Å². The summed E-state index contributed by atoms with van der Waals surface area (Å²) in [6.07, 6.45) is 3.79. The van der Waals surface area contributed by atoms with Crippen molar-refractivity contribution in [3.05, 3.63) is 32.4 Å². The molecule has 0 spiro atoms. The summed E-state index contributed by atoms with van der Waals surface area (Å²) in [5.41, 5.74) is 0.624. The van der Waals surface area contributed by atoms with Gasteiger partial charge in [-0.15, -0.1) is 0 Å². The van der Waals surface area contributed by atoms with E-state index in [1.807, 2.05) is 6.07 Å². The number of aliphatic hydroxyl groups is 1. The van der Waals surface area contributed by atoms with Crippen LogP contribution in [0.2, 0.25) is 5.02 Å². The van der Waals surface area contributed by atoms with E-state index >= 15 is 0 Å². The number of hydrogen-bond donors (Lipinski definition) is 2. The number of unbranched alkanes of at least 4 members (excludes halogenated alkanes) is 3. The molecule has 18 heavy (non-hydrogen) atoms. The third-order valence-electron chi connectivity index (χ3n) is 2.54. The molecule has 0 aliphatic rings. The fourth-order valence-corrected chi connectivity index (χ4v) is 2.31. The van der Waals surface area contributed by atoms with Gasteiger partial charge in [-0.2, -0.15) is 0 Å². The lowest BCUT2D eigenvalue weighted by Gasteiger charge is -2.07. The molecular weight excluding hydrogens is 365 g/mol. The molecule has 0 radical (unpaired) electrons. The monoisotopic (exact) mass is 381 g/mol. The van der Waals surface area contributed by atoms with Crippen LogP contribution in [0, 0.1) is 3.57 Å². The summed E-state index contributed by atoms with van der Waals surface area (Å²) >= 11 is 8.00. The Hall–Kier alpha value is -0.330. The third kappa shape index (κ3) is 5.54. The van der Waals surface area contributed by atoms with Gasteiger partial charge in [-0.3, -0.25) is 4.79 Å². The van der Waals surface area contributed by atoms with Gasteiger partial charge < -0.3 is 10.4 Å². The molecule has 1 aromatic carbocycles. The van der Waals surface area contributed by atoms with E-state index in [-0.39, 0.29) is 12.5 Å². The minimum absolute atomic E-state index is 0.0796. The number of benzene rings is 1. The van der Waals surface area contributed by atoms with Gasteiger partial charge in [0, 0.05) is 21.7 Å². The molecule has 100 valence electrons. The average molecular weight is 382 g/mol. The van der Waals surface area contributed by atoms with Crippen LogP contribution in [0.4, 0.5) is 0 Å². The molecule has 1 rings (SSSR count). The van der Waals surface area contributed by atoms with Gasteiger partial charge in [-0.05, 0) is 53.6 Å². The number of carbonyl (C=O) groups is 1. The summed E-state index contributed by atoms with van der Waals surface area (Å²) in [5.74, 6) is -0.0796. The Morgan fingerprint density at radius 1 is 1.28 bits per heavy atom. The molecule has 2 N–H and O–H groups in total. The zero-order chi connectivity index (χ0) is 13.4. The molecule has 1 amide bonds. The molecule has 1 aromatic rings. The maximum Gasteiger partial charge on any atom is 0.252 e. The van der Waals surface area contributed by atoms with Crippen molar-refractivity contribution in [2.45, 2.75) is 25.7 Å². The minimum Gasteiger partial charge on any atom is -0.396 e. The van der Waals surface area contributed by atoms with Crippen molar-refractivity contribution >= 4 is 40.1 Å². The van der Waals surface area contributed by atoms with Gasteiger partial charge in [0.05, 0.1) is 5.56 Å². The number of amides is 1. The van der Waals surface area contributed by atoms with Crippen molar-refractivity contribution in [3.8, 4) is 0 Å². The SMILES string of the molecule is O=C(NCCCCCCO)c1cc(Cl)ccc1I. The van der Waals surface area contributed by atoms with E-state index < -0.39 is 0 Å². The second-order valence-corrected chi connectivity index (χ2v) is 5.62. The van der Waals surface area contributed by atoms with E-state index in [0.29, 0.717) is 17.1 Å². The van der Waals surface area contributed by atoms with E-state index in [1.54, 1.807) is 12.1 Å². The van der Waals surface area contributed by atoms with Crippen molar-refractivity contribution in [1.82, 2.24) is 5.32 Å². The molecule has 0 saturated heterocycles. The van der Waals surface area contributed by atoms with Crippen molar-refractivity contribution in [2.75, 3.05) is 13.2 Å². The molecule has 0 aromatic heterocycles. The highest BCUT2D eigenvalue weighted by Gasteiger charge is 2.09. The maximum atomic E-state index is 11.9. The number of rotatable bonds is 7. The predicted octanol–water partition coefficient (Wildman–Crippen LogP) is 3.23. The molecule has 0 saturated carbocycles. The smallest absolute Gasteiger partial charge is 0.252 e. The van der Waals surface area contributed by atoms with Crippen molar-refractivity contribution in [3.63, 3.8) is 0 Å². The standard InChI is InChI=1S/C13H17ClINO2/c14-10-5-6-12(15)11(9-10)13(18)16-7-3-1-2-4-8-17/h5-6,9,17H,1-4,7-8H2,(H,16,18). The Labute approximate surface area is 126 Å². The molecule has 0 heterocycles. The van der Waals surface area contributed by atoms with E-state index in [9.17, 15) is 4.79 Å². The van der Waals surface area contributed by atoms with Crippen LogP contribution in [0.5, 0.6) is 0 Å². The summed E-state index contributed by atoms with van der Waals surface area (Å²) in [6, 6.07) is 5.29. The number of nitrogens with one attached hydrogen (secondary N) is 1. The van der Waals surface area contributed by atoms with Crippen molar-refractivity contribution in [2.24, 2.45) is 0 Å². The first-order valence-electron chi connectivity index (χ1n) is 5.99. The topological polar surface area (TPSA) is 49.3 Å². The molecule has 0 aliphatic heterocycles. The number of halogens is 2. The predicted molar refractivity (Wildman–Crippen MR) is 82.1 cm³/mol. The molecule has 0 bridgehead atoms. The fourth-order valence-electron chi connectivity index (χ4n) is 1.56. The Balaban J connectivity index is 2.34. The van der Waals surface area contributed by atoms with Gasteiger partial charge in [0.2, 0.25) is 0 Å². The van der Waals surface area contributed by atoms with Crippen LogP contribution >= 0.6 is 34.2 Å². The zero-order valence-corrected chi connectivity index (χ0v) is 13.0. The summed E-state index contributed by atoms with van der Waals surface area (Å²) in [7, 11) is 0. The van der Waals surface area contributed by atoms with Crippen molar-refractivity contribution in [1.29, 1.82) is 0 Å². The summed E-state index contributed by atoms with van der Waals surface area (Å²) < 4.78 is 0.898. The molecule has 0 aliphatic carbocycles. The highest BCUT2D eigenvalue weighted by atomic mass is 127. The first-order valence-corrected chi connectivity index (χ1v) is 7.45. The van der Waals surface area contributed by atoms with E-state index in [2.05, 4.69) is 27.9 Å². The number of aliphatic hydroxyl groups excluding tert-OH is 1. The van der Waals surface area contributed by atoms with Gasteiger partial charge >= 0.3 is 0 Å². The first-order chi connectivity index (χ1) is 8.65. The Bertz CT molecular complexity index is 399. The summed E-state index contributed by atoms with van der Waals surface area (Å²) in [5, 5.41) is 12.1. The Kier molecular flexibility index (Phi) is 7.62. The quantitative estimate of drug-likeness (QED) is 0.563. The molecule has 0 atom stereocenters. The van der Waals surface area contributed by atoms with Gasteiger partial charge in [-0.25, -0.2) is 0 Å². The average Bonchev–Trinajstić information content (AvgIpc) is 2.36. The Morgan fingerprint density at radius 2 is 2.00 bits per heavy atom. The maximum absolute atomic E-state index is 11.9. The fraction of sp³-hybridized carbons (Fsp3) is 0.462. The summed E-state index contributed by atoms with van der Waals surface area (Å²) in [6.45, 7) is 0.903. The van der Waals surface area contributed by atoms with Crippen LogP contribution in [-0.4, -0.2) is 24.2 Å². The lowest BCUT2D eigenvalue weighted by molar-refractivity contribution is 0.0952. The highest BCUT2D eigenvalue weighted by molar-refractivity contribution is 14.1. The second-order valence-electron chi connectivity index (χ2n) is 4.02. The molecular formula is C13H17ClINO2. The number of carbonyl (C=O) groups excluding carboxylic acids is 1. The van der Waals surface area contributed by atoms with Crippen LogP contribution in [0.25, 0.3) is 0 Å². The highest BCUT2D eigenvalue weighted by Crippen LogP contribution is 2.17. The first kappa shape index (κ1) is 15.7. The van der Waals surface area contributed by atoms with Gasteiger partial charge in [0.15, 0.2) is 0 Å². The number of hydrogen-bond acceptors (Lipinski definition) is 2. The molecule has 3 nitrogen and oxygen atoms in total. The van der Waals surface area contributed by atoms with Crippen LogP contribution in [0.15, 0.2) is 18.2 Å². The zero-order valence-electron chi connectivity index (χ0n) is 10.1. The summed E-state index contributed by atoms with van der Waals surface area (Å²) in [4.78, 5) is 11.9. The van der Waals surface area contributed by atoms with E-state index in [1.165, 1.54) is 0 Å². The third-order valence-corrected chi connectivity index (χ3v) is 3.72.